The van der Waals surface area contributed by atoms with Crippen molar-refractivity contribution in [2.75, 3.05) is 12.4 Å². The van der Waals surface area contributed by atoms with Gasteiger partial charge in [-0.2, -0.15) is 0 Å². The molecule has 0 aliphatic heterocycles. The molecule has 1 amide bonds. The first-order valence-corrected chi connectivity index (χ1v) is 6.51. The Labute approximate surface area is 120 Å². The fraction of sp³-hybridized carbons (Fsp3) is 0.385. The number of hydrogen-bond donors (Lipinski definition) is 2. The second kappa shape index (κ2) is 6.56. The lowest BCUT2D eigenvalue weighted by Crippen LogP contribution is -2.16. The number of carbonyl (C=O) groups excluding carboxylic acids is 1. The molecular weight excluding hydrogens is 314 g/mol. The quantitative estimate of drug-likeness (QED) is 0.870. The molecule has 0 spiro atoms. The molecule has 6 heteroatoms. The fourth-order valence-electron chi connectivity index (χ4n) is 1.68. The van der Waals surface area contributed by atoms with Gasteiger partial charge in [-0.15, -0.1) is 0 Å². The number of carbonyl (C=O) groups is 2. The second-order valence-corrected chi connectivity index (χ2v) is 5.08. The number of halogens is 1. The molecule has 0 heterocycles. The van der Waals surface area contributed by atoms with Gasteiger partial charge in [0.2, 0.25) is 5.91 Å². The summed E-state index contributed by atoms with van der Waals surface area (Å²) in [5.74, 6) is -1.17. The third kappa shape index (κ3) is 3.96. The standard InChI is InChI=1S/C13H16BrNO4/c1-7(13(17)18)6-9-10(14)4-5-11(19-3)12(9)15-8(2)16/h4-5,7H,6H2,1-3H3,(H,15,16)(H,17,18). The van der Waals surface area contributed by atoms with Crippen molar-refractivity contribution in [3.05, 3.63) is 22.2 Å². The van der Waals surface area contributed by atoms with Crippen molar-refractivity contribution in [3.8, 4) is 5.75 Å². The highest BCUT2D eigenvalue weighted by Crippen LogP contribution is 2.35. The van der Waals surface area contributed by atoms with Gasteiger partial charge in [-0.05, 0) is 24.1 Å². The highest BCUT2D eigenvalue weighted by Gasteiger charge is 2.19. The number of methoxy groups -OCH3 is 1. The van der Waals surface area contributed by atoms with E-state index >= 15 is 0 Å². The Kier molecular flexibility index (Phi) is 5.35. The van der Waals surface area contributed by atoms with E-state index in [9.17, 15) is 9.59 Å². The zero-order valence-electron chi connectivity index (χ0n) is 11.0. The van der Waals surface area contributed by atoms with Crippen LogP contribution < -0.4 is 10.1 Å². The van der Waals surface area contributed by atoms with Gasteiger partial charge < -0.3 is 15.2 Å². The number of rotatable bonds is 5. The van der Waals surface area contributed by atoms with Crippen LogP contribution in [0.2, 0.25) is 0 Å². The lowest BCUT2D eigenvalue weighted by molar-refractivity contribution is -0.141. The summed E-state index contributed by atoms with van der Waals surface area (Å²) in [6.45, 7) is 3.01. The predicted octanol–water partition coefficient (Wildman–Crippen LogP) is 2.68. The molecule has 5 nitrogen and oxygen atoms in total. The molecule has 0 aromatic heterocycles. The summed E-state index contributed by atoms with van der Waals surface area (Å²) in [6.07, 6.45) is 0.294. The monoisotopic (exact) mass is 329 g/mol. The third-order valence-electron chi connectivity index (χ3n) is 2.67. The molecule has 0 saturated carbocycles. The minimum atomic E-state index is -0.886. The third-order valence-corrected chi connectivity index (χ3v) is 3.41. The van der Waals surface area contributed by atoms with E-state index < -0.39 is 11.9 Å². The van der Waals surface area contributed by atoms with Crippen LogP contribution in [0.25, 0.3) is 0 Å². The van der Waals surface area contributed by atoms with Crippen molar-refractivity contribution >= 4 is 33.5 Å². The molecule has 0 saturated heterocycles. The molecule has 19 heavy (non-hydrogen) atoms. The molecule has 0 aliphatic rings. The summed E-state index contributed by atoms with van der Waals surface area (Å²) in [5, 5.41) is 11.7. The van der Waals surface area contributed by atoms with Crippen LogP contribution in [0.1, 0.15) is 19.4 Å². The number of carboxylic acids is 1. The van der Waals surface area contributed by atoms with Gasteiger partial charge in [0.1, 0.15) is 5.75 Å². The molecule has 2 N–H and O–H groups in total. The summed E-state index contributed by atoms with van der Waals surface area (Å²) in [7, 11) is 1.50. The lowest BCUT2D eigenvalue weighted by atomic mass is 9.99. The van der Waals surface area contributed by atoms with Crippen molar-refractivity contribution in [2.45, 2.75) is 20.3 Å². The maximum Gasteiger partial charge on any atom is 0.306 e. The smallest absolute Gasteiger partial charge is 0.306 e. The molecule has 1 aromatic carbocycles. The van der Waals surface area contributed by atoms with Gasteiger partial charge in [0, 0.05) is 11.4 Å². The van der Waals surface area contributed by atoms with Gasteiger partial charge in [0.15, 0.2) is 0 Å². The molecule has 104 valence electrons. The summed E-state index contributed by atoms with van der Waals surface area (Å²) < 4.78 is 5.94. The second-order valence-electron chi connectivity index (χ2n) is 4.23. The van der Waals surface area contributed by atoms with Crippen LogP contribution in [0.5, 0.6) is 5.75 Å². The maximum atomic E-state index is 11.3. The molecule has 0 aliphatic carbocycles. The van der Waals surface area contributed by atoms with Crippen molar-refractivity contribution in [1.82, 2.24) is 0 Å². The van der Waals surface area contributed by atoms with Gasteiger partial charge in [0.05, 0.1) is 18.7 Å². The summed E-state index contributed by atoms with van der Waals surface area (Å²) in [5.41, 5.74) is 1.22. The van der Waals surface area contributed by atoms with E-state index in [4.69, 9.17) is 9.84 Å². The van der Waals surface area contributed by atoms with Crippen molar-refractivity contribution in [2.24, 2.45) is 5.92 Å². The first-order valence-electron chi connectivity index (χ1n) is 5.72. The van der Waals surface area contributed by atoms with Crippen LogP contribution in [0.4, 0.5) is 5.69 Å². The number of aliphatic carboxylic acids is 1. The average Bonchev–Trinajstić information content (AvgIpc) is 2.33. The fourth-order valence-corrected chi connectivity index (χ4v) is 2.17. The number of carboxylic acid groups (broad SMARTS) is 1. The van der Waals surface area contributed by atoms with Crippen LogP contribution in [0.15, 0.2) is 16.6 Å². The van der Waals surface area contributed by atoms with Gasteiger partial charge in [-0.25, -0.2) is 0 Å². The van der Waals surface area contributed by atoms with Crippen LogP contribution in [-0.2, 0) is 16.0 Å². The van der Waals surface area contributed by atoms with Crippen molar-refractivity contribution < 1.29 is 19.4 Å². The van der Waals surface area contributed by atoms with Gasteiger partial charge in [-0.1, -0.05) is 22.9 Å². The maximum absolute atomic E-state index is 11.3. The predicted molar refractivity (Wildman–Crippen MR) is 75.5 cm³/mol. The summed E-state index contributed by atoms with van der Waals surface area (Å²) in [4.78, 5) is 22.2. The van der Waals surface area contributed by atoms with E-state index in [1.54, 1.807) is 19.1 Å². The number of anilines is 1. The van der Waals surface area contributed by atoms with E-state index in [2.05, 4.69) is 21.2 Å². The number of nitrogens with one attached hydrogen (secondary N) is 1. The van der Waals surface area contributed by atoms with E-state index in [0.717, 1.165) is 4.47 Å². The van der Waals surface area contributed by atoms with Gasteiger partial charge in [-0.3, -0.25) is 9.59 Å². The van der Waals surface area contributed by atoms with Crippen LogP contribution in [-0.4, -0.2) is 24.1 Å². The Bertz CT molecular complexity index is 502. The Hall–Kier alpha value is -1.56. The Morgan fingerprint density at radius 3 is 2.58 bits per heavy atom. The SMILES string of the molecule is COc1ccc(Br)c(CC(C)C(=O)O)c1NC(C)=O. The molecule has 0 fully saturated rings. The molecule has 0 bridgehead atoms. The van der Waals surface area contributed by atoms with Crippen LogP contribution in [0, 0.1) is 5.92 Å². The van der Waals surface area contributed by atoms with E-state index in [0.29, 0.717) is 23.4 Å². The van der Waals surface area contributed by atoms with Gasteiger partial charge >= 0.3 is 5.97 Å². The molecule has 1 atom stereocenters. The molecular formula is C13H16BrNO4. The highest BCUT2D eigenvalue weighted by molar-refractivity contribution is 9.10. The normalized spacial score (nSPS) is 11.8. The van der Waals surface area contributed by atoms with E-state index in [-0.39, 0.29) is 5.91 Å². The largest absolute Gasteiger partial charge is 0.495 e. The van der Waals surface area contributed by atoms with Crippen LogP contribution in [0.3, 0.4) is 0 Å². The molecule has 1 aromatic rings. The summed E-state index contributed by atoms with van der Waals surface area (Å²) in [6, 6.07) is 3.48. The first kappa shape index (κ1) is 15.5. The van der Waals surface area contributed by atoms with Gasteiger partial charge in [0.25, 0.3) is 0 Å². The molecule has 1 rings (SSSR count). The molecule has 0 radical (unpaired) electrons. The summed E-state index contributed by atoms with van der Waals surface area (Å²) >= 11 is 3.38. The first-order chi connectivity index (χ1) is 8.86. The topological polar surface area (TPSA) is 75.6 Å². The molecule has 1 unspecified atom stereocenters. The Balaban J connectivity index is 3.25. The average molecular weight is 330 g/mol. The van der Waals surface area contributed by atoms with Crippen molar-refractivity contribution in [1.29, 1.82) is 0 Å². The minimum absolute atomic E-state index is 0.236. The minimum Gasteiger partial charge on any atom is -0.495 e. The Morgan fingerprint density at radius 1 is 1.47 bits per heavy atom. The number of hydrogen-bond acceptors (Lipinski definition) is 3. The highest BCUT2D eigenvalue weighted by atomic mass is 79.9. The zero-order valence-corrected chi connectivity index (χ0v) is 12.6. The lowest BCUT2D eigenvalue weighted by Gasteiger charge is -2.17. The van der Waals surface area contributed by atoms with E-state index in [1.807, 2.05) is 0 Å². The Morgan fingerprint density at radius 2 is 2.11 bits per heavy atom. The zero-order chi connectivity index (χ0) is 14.6. The number of amides is 1. The van der Waals surface area contributed by atoms with Crippen LogP contribution >= 0.6 is 15.9 Å². The number of ether oxygens (including phenoxy) is 1. The van der Waals surface area contributed by atoms with E-state index in [1.165, 1.54) is 14.0 Å². The van der Waals surface area contributed by atoms with Crippen molar-refractivity contribution in [3.63, 3.8) is 0 Å². The number of benzene rings is 1.